The summed E-state index contributed by atoms with van der Waals surface area (Å²) in [5, 5.41) is 10.4. The van der Waals surface area contributed by atoms with Crippen molar-refractivity contribution in [1.29, 1.82) is 0 Å². The molecule has 32 heavy (non-hydrogen) atoms. The molecule has 2 heterocycles. The van der Waals surface area contributed by atoms with Crippen LogP contribution in [0.3, 0.4) is 0 Å². The number of anilines is 1. The Labute approximate surface area is 185 Å². The molecule has 0 unspecified atom stereocenters. The molecule has 0 bridgehead atoms. The highest BCUT2D eigenvalue weighted by atomic mass is 19.1. The number of carbonyl (C=O) groups is 1. The van der Waals surface area contributed by atoms with E-state index >= 15 is 4.39 Å². The van der Waals surface area contributed by atoms with E-state index in [9.17, 15) is 9.18 Å². The van der Waals surface area contributed by atoms with Crippen LogP contribution in [-0.2, 0) is 24.9 Å². The lowest BCUT2D eigenvalue weighted by molar-refractivity contribution is 0.259. The summed E-state index contributed by atoms with van der Waals surface area (Å²) in [6.07, 6.45) is 1.54. The maximum Gasteiger partial charge on any atom is 0.316 e. The first-order chi connectivity index (χ1) is 15.2. The number of primary amides is 1. The molecule has 4 N–H and O–H groups in total. The van der Waals surface area contributed by atoms with Gasteiger partial charge in [0.2, 0.25) is 0 Å². The standard InChI is InChI=1S/C24H27F2N5O/c1-5-13-8-7-9-14(6-2)20(13)31-21(16-12-28-24(3,4)22(16)30-31)15-10-18(26)19(11-17(15)25)29-23(27)32/h7-11,28H,5-6,12H2,1-4H3,(H3,27,29,32). The molecule has 0 fully saturated rings. The van der Waals surface area contributed by atoms with Crippen molar-refractivity contribution in [3.05, 3.63) is 64.4 Å². The number of benzene rings is 2. The average Bonchev–Trinajstić information content (AvgIpc) is 3.26. The van der Waals surface area contributed by atoms with Crippen LogP contribution in [0.15, 0.2) is 30.3 Å². The molecule has 2 aromatic carbocycles. The number of rotatable bonds is 5. The molecule has 0 saturated heterocycles. The number of aromatic nitrogens is 2. The van der Waals surface area contributed by atoms with Crippen molar-refractivity contribution in [3.63, 3.8) is 0 Å². The van der Waals surface area contributed by atoms with Crippen LogP contribution < -0.4 is 16.4 Å². The largest absolute Gasteiger partial charge is 0.351 e. The van der Waals surface area contributed by atoms with Crippen LogP contribution in [0.1, 0.15) is 50.1 Å². The van der Waals surface area contributed by atoms with Gasteiger partial charge in [-0.3, -0.25) is 0 Å². The van der Waals surface area contributed by atoms with Gasteiger partial charge in [0.15, 0.2) is 0 Å². The second-order valence-electron chi connectivity index (χ2n) is 8.50. The number of aryl methyl sites for hydroxylation is 2. The molecule has 2 amide bonds. The summed E-state index contributed by atoms with van der Waals surface area (Å²) in [7, 11) is 0. The number of para-hydroxylation sites is 1. The van der Waals surface area contributed by atoms with E-state index in [0.29, 0.717) is 12.2 Å². The highest BCUT2D eigenvalue weighted by molar-refractivity contribution is 5.88. The number of amides is 2. The summed E-state index contributed by atoms with van der Waals surface area (Å²) in [5.74, 6) is -1.44. The van der Waals surface area contributed by atoms with E-state index in [1.54, 1.807) is 4.68 Å². The smallest absolute Gasteiger partial charge is 0.316 e. The predicted molar refractivity (Wildman–Crippen MR) is 121 cm³/mol. The van der Waals surface area contributed by atoms with E-state index in [4.69, 9.17) is 10.8 Å². The van der Waals surface area contributed by atoms with Gasteiger partial charge in [-0.2, -0.15) is 5.10 Å². The zero-order valence-electron chi connectivity index (χ0n) is 18.6. The van der Waals surface area contributed by atoms with Crippen LogP contribution in [0.4, 0.5) is 19.3 Å². The molecule has 0 spiro atoms. The Balaban J connectivity index is 2.03. The zero-order chi connectivity index (χ0) is 23.2. The SMILES string of the molecule is CCc1cccc(CC)c1-n1nc2c(c1-c1cc(F)c(NC(N)=O)cc1F)CNC2(C)C. The summed E-state index contributed by atoms with van der Waals surface area (Å²) >= 11 is 0. The zero-order valence-corrected chi connectivity index (χ0v) is 18.6. The molecule has 8 heteroatoms. The average molecular weight is 440 g/mol. The molecule has 4 rings (SSSR count). The molecule has 3 aromatic rings. The van der Waals surface area contributed by atoms with Crippen LogP contribution >= 0.6 is 0 Å². The van der Waals surface area contributed by atoms with Crippen LogP contribution in [0, 0.1) is 11.6 Å². The molecule has 0 radical (unpaired) electrons. The van der Waals surface area contributed by atoms with E-state index in [1.807, 2.05) is 32.0 Å². The van der Waals surface area contributed by atoms with Gasteiger partial charge in [-0.05, 0) is 43.9 Å². The molecule has 1 aliphatic heterocycles. The third-order valence-electron chi connectivity index (χ3n) is 6.03. The lowest BCUT2D eigenvalue weighted by Crippen LogP contribution is -2.30. The monoisotopic (exact) mass is 439 g/mol. The van der Waals surface area contributed by atoms with Gasteiger partial charge in [0.05, 0.1) is 28.3 Å². The van der Waals surface area contributed by atoms with Crippen LogP contribution in [0.25, 0.3) is 16.9 Å². The first kappa shape index (κ1) is 22.0. The topological polar surface area (TPSA) is 85.0 Å². The van der Waals surface area contributed by atoms with Crippen LogP contribution in [0.5, 0.6) is 0 Å². The molecule has 0 saturated carbocycles. The summed E-state index contributed by atoms with van der Waals surface area (Å²) < 4.78 is 31.9. The third-order valence-corrected chi connectivity index (χ3v) is 6.03. The maximum absolute atomic E-state index is 15.3. The number of fused-ring (bicyclic) bond motifs is 1. The Morgan fingerprint density at radius 3 is 2.44 bits per heavy atom. The minimum atomic E-state index is -0.961. The van der Waals surface area contributed by atoms with Gasteiger partial charge in [0, 0.05) is 23.7 Å². The molecule has 1 aromatic heterocycles. The summed E-state index contributed by atoms with van der Waals surface area (Å²) in [4.78, 5) is 11.2. The number of nitrogens with zero attached hydrogens (tertiary/aromatic N) is 2. The fraction of sp³-hybridized carbons (Fsp3) is 0.333. The molecule has 6 nitrogen and oxygen atoms in total. The van der Waals surface area contributed by atoms with Gasteiger partial charge in [0.1, 0.15) is 11.6 Å². The first-order valence-corrected chi connectivity index (χ1v) is 10.7. The van der Waals surface area contributed by atoms with Gasteiger partial charge < -0.3 is 16.4 Å². The Morgan fingerprint density at radius 2 is 1.84 bits per heavy atom. The number of hydrogen-bond donors (Lipinski definition) is 3. The van der Waals surface area contributed by atoms with Gasteiger partial charge in [-0.15, -0.1) is 0 Å². The molecular formula is C24H27F2N5O. The van der Waals surface area contributed by atoms with Gasteiger partial charge in [-0.25, -0.2) is 18.3 Å². The normalized spacial score (nSPS) is 14.4. The number of urea groups is 1. The van der Waals surface area contributed by atoms with Gasteiger partial charge in [0.25, 0.3) is 0 Å². The predicted octanol–water partition coefficient (Wildman–Crippen LogP) is 4.77. The van der Waals surface area contributed by atoms with E-state index in [0.717, 1.165) is 53.0 Å². The van der Waals surface area contributed by atoms with E-state index < -0.39 is 23.2 Å². The minimum absolute atomic E-state index is 0.0822. The van der Waals surface area contributed by atoms with Crippen molar-refractivity contribution in [2.45, 2.75) is 52.6 Å². The molecule has 0 atom stereocenters. The van der Waals surface area contributed by atoms with Crippen molar-refractivity contribution in [3.8, 4) is 16.9 Å². The van der Waals surface area contributed by atoms with E-state index in [1.165, 1.54) is 0 Å². The lowest BCUT2D eigenvalue weighted by Gasteiger charge is -2.20. The maximum atomic E-state index is 15.3. The summed E-state index contributed by atoms with van der Waals surface area (Å²) in [6, 6.07) is 7.17. The van der Waals surface area contributed by atoms with Gasteiger partial charge >= 0.3 is 6.03 Å². The molecule has 168 valence electrons. The fourth-order valence-electron chi connectivity index (χ4n) is 4.40. The third kappa shape index (κ3) is 3.54. The van der Waals surface area contributed by atoms with Crippen molar-refractivity contribution < 1.29 is 13.6 Å². The van der Waals surface area contributed by atoms with Crippen molar-refractivity contribution >= 4 is 11.7 Å². The number of halogens is 2. The summed E-state index contributed by atoms with van der Waals surface area (Å²) in [6.45, 7) is 8.64. The Morgan fingerprint density at radius 1 is 1.19 bits per heavy atom. The highest BCUT2D eigenvalue weighted by Gasteiger charge is 2.37. The van der Waals surface area contributed by atoms with E-state index in [-0.39, 0.29) is 11.3 Å². The second-order valence-corrected chi connectivity index (χ2v) is 8.50. The van der Waals surface area contributed by atoms with Gasteiger partial charge in [-0.1, -0.05) is 32.0 Å². The highest BCUT2D eigenvalue weighted by Crippen LogP contribution is 2.41. The lowest BCUT2D eigenvalue weighted by atomic mass is 9.98. The Hall–Kier alpha value is -3.26. The first-order valence-electron chi connectivity index (χ1n) is 10.7. The fourth-order valence-corrected chi connectivity index (χ4v) is 4.40. The van der Waals surface area contributed by atoms with Crippen molar-refractivity contribution in [2.75, 3.05) is 5.32 Å². The Bertz CT molecular complexity index is 1190. The van der Waals surface area contributed by atoms with Crippen LogP contribution in [0.2, 0.25) is 0 Å². The quantitative estimate of drug-likeness (QED) is 0.535. The molecular weight excluding hydrogens is 412 g/mol. The van der Waals surface area contributed by atoms with E-state index in [2.05, 4.69) is 24.5 Å². The number of nitrogens with one attached hydrogen (secondary N) is 2. The number of carbonyl (C=O) groups excluding carboxylic acids is 1. The Kier molecular flexibility index (Phi) is 5.50. The van der Waals surface area contributed by atoms with Crippen molar-refractivity contribution in [1.82, 2.24) is 15.1 Å². The number of nitrogens with two attached hydrogens (primary N) is 1. The second kappa shape index (κ2) is 8.02. The number of hydrogen-bond acceptors (Lipinski definition) is 3. The molecule has 1 aliphatic rings. The van der Waals surface area contributed by atoms with Crippen LogP contribution in [-0.4, -0.2) is 15.8 Å². The van der Waals surface area contributed by atoms with Crippen molar-refractivity contribution in [2.24, 2.45) is 5.73 Å². The molecule has 0 aliphatic carbocycles. The minimum Gasteiger partial charge on any atom is -0.351 e. The summed E-state index contributed by atoms with van der Waals surface area (Å²) in [5.41, 5.74) is 9.64.